The zero-order chi connectivity index (χ0) is 13.9. The van der Waals surface area contributed by atoms with Gasteiger partial charge in [0.05, 0.1) is 5.60 Å². The van der Waals surface area contributed by atoms with E-state index < -0.39 is 5.60 Å². The Bertz CT molecular complexity index is 418. The highest BCUT2D eigenvalue weighted by Crippen LogP contribution is 2.32. The summed E-state index contributed by atoms with van der Waals surface area (Å²) in [5.41, 5.74) is 5.78. The molecule has 0 spiro atoms. The topological polar surface area (TPSA) is 49.5 Å². The molecule has 0 aliphatic heterocycles. The first-order valence-electron chi connectivity index (χ1n) is 6.93. The summed E-state index contributed by atoms with van der Waals surface area (Å²) in [6, 6.07) is 6.53. The molecule has 2 rings (SSSR count). The first kappa shape index (κ1) is 14.4. The van der Waals surface area contributed by atoms with Gasteiger partial charge in [-0.1, -0.05) is 31.0 Å². The molecule has 1 aliphatic carbocycles. The average Bonchev–Trinajstić information content (AvgIpc) is 2.79. The lowest BCUT2D eigenvalue weighted by molar-refractivity contribution is 0.00555. The van der Waals surface area contributed by atoms with Crippen molar-refractivity contribution in [1.29, 1.82) is 0 Å². The average molecular weight is 266 g/mol. The van der Waals surface area contributed by atoms with Crippen molar-refractivity contribution in [2.75, 3.05) is 20.1 Å². The molecule has 1 unspecified atom stereocenters. The summed E-state index contributed by atoms with van der Waals surface area (Å²) in [5, 5.41) is 10.4. The third-order valence-electron chi connectivity index (χ3n) is 4.10. The summed E-state index contributed by atoms with van der Waals surface area (Å²) in [5.74, 6) is -0.233. The largest absolute Gasteiger partial charge is 0.389 e. The van der Waals surface area contributed by atoms with Crippen LogP contribution in [0, 0.1) is 5.82 Å². The Balaban J connectivity index is 2.11. The van der Waals surface area contributed by atoms with E-state index in [9.17, 15) is 9.50 Å². The summed E-state index contributed by atoms with van der Waals surface area (Å²) in [6.45, 7) is 0.886. The van der Waals surface area contributed by atoms with Gasteiger partial charge in [-0.15, -0.1) is 0 Å². The molecule has 3 nitrogen and oxygen atoms in total. The van der Waals surface area contributed by atoms with Gasteiger partial charge in [-0.2, -0.15) is 0 Å². The van der Waals surface area contributed by atoms with Crippen molar-refractivity contribution >= 4 is 0 Å². The molecule has 1 aromatic rings. The van der Waals surface area contributed by atoms with E-state index >= 15 is 0 Å². The lowest BCUT2D eigenvalue weighted by Gasteiger charge is -2.34. The van der Waals surface area contributed by atoms with Crippen molar-refractivity contribution in [3.05, 3.63) is 35.6 Å². The highest BCUT2D eigenvalue weighted by molar-refractivity contribution is 5.21. The number of halogens is 1. The van der Waals surface area contributed by atoms with Gasteiger partial charge in [-0.05, 0) is 26.0 Å². The third-order valence-corrected chi connectivity index (χ3v) is 4.10. The van der Waals surface area contributed by atoms with Gasteiger partial charge in [0.1, 0.15) is 5.82 Å². The normalized spacial score (nSPS) is 19.8. The molecule has 4 heteroatoms. The van der Waals surface area contributed by atoms with E-state index in [-0.39, 0.29) is 11.9 Å². The van der Waals surface area contributed by atoms with Gasteiger partial charge in [0.15, 0.2) is 0 Å². The van der Waals surface area contributed by atoms with Gasteiger partial charge in [-0.3, -0.25) is 4.90 Å². The van der Waals surface area contributed by atoms with Crippen LogP contribution in [0.1, 0.15) is 37.3 Å². The molecule has 1 aliphatic rings. The van der Waals surface area contributed by atoms with Crippen LogP contribution in [0.15, 0.2) is 24.3 Å². The fourth-order valence-electron chi connectivity index (χ4n) is 3.06. The maximum Gasteiger partial charge on any atom is 0.128 e. The molecular formula is C15H23FN2O. The number of rotatable bonds is 5. The summed E-state index contributed by atoms with van der Waals surface area (Å²) in [7, 11) is 1.90. The van der Waals surface area contributed by atoms with Crippen molar-refractivity contribution in [2.24, 2.45) is 5.73 Å². The first-order chi connectivity index (χ1) is 9.06. The second-order valence-corrected chi connectivity index (χ2v) is 5.62. The van der Waals surface area contributed by atoms with Crippen molar-refractivity contribution in [3.8, 4) is 0 Å². The van der Waals surface area contributed by atoms with Gasteiger partial charge in [0.2, 0.25) is 0 Å². The summed E-state index contributed by atoms with van der Waals surface area (Å²) >= 11 is 0. The smallest absolute Gasteiger partial charge is 0.128 e. The Hall–Kier alpha value is -0.970. The lowest BCUT2D eigenvalue weighted by atomic mass is 9.99. The Morgan fingerprint density at radius 3 is 2.58 bits per heavy atom. The number of benzene rings is 1. The molecular weight excluding hydrogens is 243 g/mol. The molecule has 0 bridgehead atoms. The first-order valence-corrected chi connectivity index (χ1v) is 6.93. The minimum atomic E-state index is -0.632. The van der Waals surface area contributed by atoms with Crippen LogP contribution in [0.2, 0.25) is 0 Å². The number of likely N-dealkylation sites (N-methyl/N-ethyl adjacent to an activating group) is 1. The Morgan fingerprint density at radius 1 is 1.37 bits per heavy atom. The number of nitrogens with two attached hydrogens (primary N) is 1. The van der Waals surface area contributed by atoms with E-state index in [4.69, 9.17) is 5.73 Å². The van der Waals surface area contributed by atoms with Crippen molar-refractivity contribution in [3.63, 3.8) is 0 Å². The van der Waals surface area contributed by atoms with Crippen molar-refractivity contribution in [2.45, 2.75) is 37.3 Å². The molecule has 0 saturated heterocycles. The maximum absolute atomic E-state index is 13.9. The van der Waals surface area contributed by atoms with Crippen LogP contribution in [0.3, 0.4) is 0 Å². The van der Waals surface area contributed by atoms with Gasteiger partial charge in [0, 0.05) is 24.7 Å². The summed E-state index contributed by atoms with van der Waals surface area (Å²) in [6.07, 6.45) is 3.78. The zero-order valence-electron chi connectivity index (χ0n) is 11.5. The molecule has 3 N–H and O–H groups in total. The van der Waals surface area contributed by atoms with Crippen molar-refractivity contribution in [1.82, 2.24) is 4.90 Å². The predicted octanol–water partition coefficient (Wildman–Crippen LogP) is 2.06. The molecule has 106 valence electrons. The van der Waals surface area contributed by atoms with Crippen molar-refractivity contribution < 1.29 is 9.50 Å². The van der Waals surface area contributed by atoms with E-state index in [0.29, 0.717) is 18.7 Å². The molecule has 1 aromatic carbocycles. The fraction of sp³-hybridized carbons (Fsp3) is 0.600. The van der Waals surface area contributed by atoms with Crippen LogP contribution in [-0.2, 0) is 0 Å². The van der Waals surface area contributed by atoms with Crippen LogP contribution in [-0.4, -0.2) is 35.7 Å². The van der Waals surface area contributed by atoms with Crippen LogP contribution in [0.25, 0.3) is 0 Å². The Morgan fingerprint density at radius 2 is 2.00 bits per heavy atom. The minimum Gasteiger partial charge on any atom is -0.389 e. The molecule has 0 radical (unpaired) electrons. The molecule has 0 amide bonds. The second-order valence-electron chi connectivity index (χ2n) is 5.62. The van der Waals surface area contributed by atoms with Gasteiger partial charge < -0.3 is 10.8 Å². The maximum atomic E-state index is 13.9. The summed E-state index contributed by atoms with van der Waals surface area (Å²) in [4.78, 5) is 1.98. The molecule has 19 heavy (non-hydrogen) atoms. The number of aliphatic hydroxyl groups is 1. The van der Waals surface area contributed by atoms with Gasteiger partial charge in [-0.25, -0.2) is 4.39 Å². The monoisotopic (exact) mass is 266 g/mol. The van der Waals surface area contributed by atoms with E-state index in [1.807, 2.05) is 18.0 Å². The van der Waals surface area contributed by atoms with Crippen LogP contribution < -0.4 is 5.73 Å². The molecule has 0 aromatic heterocycles. The standard InChI is InChI=1S/C15H23FN2O/c1-18(11-15(19)8-4-5-9-15)14(10-17)12-6-2-3-7-13(12)16/h2-3,6-7,14,19H,4-5,8-11,17H2,1H3. The Labute approximate surface area is 114 Å². The SMILES string of the molecule is CN(CC1(O)CCCC1)C(CN)c1ccccc1F. The minimum absolute atomic E-state index is 0.189. The van der Waals surface area contributed by atoms with E-state index in [1.165, 1.54) is 6.07 Å². The van der Waals surface area contributed by atoms with Gasteiger partial charge in [0.25, 0.3) is 0 Å². The summed E-state index contributed by atoms with van der Waals surface area (Å²) < 4.78 is 13.9. The molecule has 1 saturated carbocycles. The van der Waals surface area contributed by atoms with Crippen LogP contribution in [0.4, 0.5) is 4.39 Å². The number of nitrogens with zero attached hydrogens (tertiary/aromatic N) is 1. The fourth-order valence-corrected chi connectivity index (χ4v) is 3.06. The molecule has 1 fully saturated rings. The third kappa shape index (κ3) is 3.32. The van der Waals surface area contributed by atoms with E-state index in [2.05, 4.69) is 0 Å². The Kier molecular flexibility index (Phi) is 4.55. The zero-order valence-corrected chi connectivity index (χ0v) is 11.5. The predicted molar refractivity (Wildman–Crippen MR) is 74.2 cm³/mol. The van der Waals surface area contributed by atoms with Gasteiger partial charge >= 0.3 is 0 Å². The van der Waals surface area contributed by atoms with Crippen LogP contribution in [0.5, 0.6) is 0 Å². The lowest BCUT2D eigenvalue weighted by Crippen LogP contribution is -2.43. The highest BCUT2D eigenvalue weighted by Gasteiger charge is 2.34. The van der Waals surface area contributed by atoms with E-state index in [0.717, 1.165) is 25.7 Å². The van der Waals surface area contributed by atoms with E-state index in [1.54, 1.807) is 12.1 Å². The number of hydrogen-bond acceptors (Lipinski definition) is 3. The molecule has 0 heterocycles. The molecule has 1 atom stereocenters. The van der Waals surface area contributed by atoms with Crippen LogP contribution >= 0.6 is 0 Å². The second kappa shape index (κ2) is 5.99. The quantitative estimate of drug-likeness (QED) is 0.857. The highest BCUT2D eigenvalue weighted by atomic mass is 19.1. The number of hydrogen-bond donors (Lipinski definition) is 2.